The first kappa shape index (κ1) is 20.8. The Labute approximate surface area is 168 Å². The molecule has 2 atom stereocenters. The van der Waals surface area contributed by atoms with Gasteiger partial charge in [0.1, 0.15) is 0 Å². The van der Waals surface area contributed by atoms with Crippen LogP contribution in [0.2, 0.25) is 0 Å². The topological polar surface area (TPSA) is 61.9 Å². The Hall–Kier alpha value is -1.92. The van der Waals surface area contributed by atoms with E-state index in [2.05, 4.69) is 10.2 Å². The highest BCUT2D eigenvalue weighted by atomic mass is 16.5. The molecular weight excluding hydrogens is 354 g/mol. The SMILES string of the molecule is COCCN1C(=O)CC[C@@H](C(=O)NCCN2CCCC2)[C@H]1c1ccc(C)cc1. The zero-order chi connectivity index (χ0) is 19.9. The Balaban J connectivity index is 1.72. The summed E-state index contributed by atoms with van der Waals surface area (Å²) < 4.78 is 5.21. The summed E-state index contributed by atoms with van der Waals surface area (Å²) in [5.74, 6) is -0.0701. The van der Waals surface area contributed by atoms with Crippen LogP contribution < -0.4 is 5.32 Å². The van der Waals surface area contributed by atoms with Crippen LogP contribution in [-0.4, -0.2) is 68.1 Å². The van der Waals surface area contributed by atoms with Crippen LogP contribution in [0.3, 0.4) is 0 Å². The normalized spacial score (nSPS) is 23.2. The number of benzene rings is 1. The molecule has 2 aliphatic rings. The molecule has 1 aromatic carbocycles. The fourth-order valence-corrected chi connectivity index (χ4v) is 4.33. The lowest BCUT2D eigenvalue weighted by Crippen LogP contribution is -2.49. The van der Waals surface area contributed by atoms with E-state index in [1.54, 1.807) is 7.11 Å². The number of amides is 2. The van der Waals surface area contributed by atoms with Crippen molar-refractivity contribution in [3.63, 3.8) is 0 Å². The van der Waals surface area contributed by atoms with Gasteiger partial charge in [0.05, 0.1) is 18.6 Å². The molecule has 0 aliphatic carbocycles. The quantitative estimate of drug-likeness (QED) is 0.742. The van der Waals surface area contributed by atoms with Gasteiger partial charge in [-0.25, -0.2) is 0 Å². The van der Waals surface area contributed by atoms with Gasteiger partial charge in [0.2, 0.25) is 11.8 Å². The van der Waals surface area contributed by atoms with Crippen LogP contribution in [-0.2, 0) is 14.3 Å². The highest BCUT2D eigenvalue weighted by Crippen LogP contribution is 2.37. The Morgan fingerprint density at radius 2 is 1.89 bits per heavy atom. The molecule has 2 fully saturated rings. The van der Waals surface area contributed by atoms with Crippen LogP contribution in [0, 0.1) is 12.8 Å². The van der Waals surface area contributed by atoms with Crippen LogP contribution in [0.4, 0.5) is 0 Å². The molecule has 6 nitrogen and oxygen atoms in total. The molecular formula is C22H33N3O3. The first-order valence-corrected chi connectivity index (χ1v) is 10.4. The number of hydrogen-bond acceptors (Lipinski definition) is 4. The molecule has 154 valence electrons. The molecule has 0 bridgehead atoms. The maximum atomic E-state index is 13.0. The van der Waals surface area contributed by atoms with Crippen LogP contribution in [0.25, 0.3) is 0 Å². The summed E-state index contributed by atoms with van der Waals surface area (Å²) in [6.07, 6.45) is 3.51. The van der Waals surface area contributed by atoms with Crippen LogP contribution in [0.5, 0.6) is 0 Å². The maximum Gasteiger partial charge on any atom is 0.225 e. The van der Waals surface area contributed by atoms with Gasteiger partial charge >= 0.3 is 0 Å². The fourth-order valence-electron chi connectivity index (χ4n) is 4.33. The highest BCUT2D eigenvalue weighted by molar-refractivity contribution is 5.85. The van der Waals surface area contributed by atoms with Crippen molar-refractivity contribution in [1.29, 1.82) is 0 Å². The van der Waals surface area contributed by atoms with Crippen LogP contribution in [0.1, 0.15) is 42.9 Å². The number of ether oxygens (including phenoxy) is 1. The summed E-state index contributed by atoms with van der Waals surface area (Å²) in [6, 6.07) is 7.95. The van der Waals surface area contributed by atoms with Crippen molar-refractivity contribution in [2.24, 2.45) is 5.92 Å². The minimum atomic E-state index is -0.233. The number of aryl methyl sites for hydroxylation is 1. The number of carbonyl (C=O) groups excluding carboxylic acids is 2. The molecule has 2 saturated heterocycles. The average Bonchev–Trinajstić information content (AvgIpc) is 3.21. The van der Waals surface area contributed by atoms with Gasteiger partial charge in [-0.2, -0.15) is 0 Å². The van der Waals surface area contributed by atoms with Crippen molar-refractivity contribution in [3.05, 3.63) is 35.4 Å². The van der Waals surface area contributed by atoms with E-state index in [9.17, 15) is 9.59 Å². The van der Waals surface area contributed by atoms with Gasteiger partial charge in [0.15, 0.2) is 0 Å². The Bertz CT molecular complexity index is 655. The molecule has 28 heavy (non-hydrogen) atoms. The summed E-state index contributed by atoms with van der Waals surface area (Å²) in [5.41, 5.74) is 2.19. The summed E-state index contributed by atoms with van der Waals surface area (Å²) in [7, 11) is 1.64. The first-order chi connectivity index (χ1) is 13.6. The second-order valence-corrected chi connectivity index (χ2v) is 7.92. The second-order valence-electron chi connectivity index (χ2n) is 7.92. The third-order valence-electron chi connectivity index (χ3n) is 5.92. The summed E-state index contributed by atoms with van der Waals surface area (Å²) in [5, 5.41) is 3.13. The number of nitrogens with one attached hydrogen (secondary N) is 1. The van der Waals surface area contributed by atoms with Crippen molar-refractivity contribution in [3.8, 4) is 0 Å². The van der Waals surface area contributed by atoms with Gasteiger partial charge in [-0.05, 0) is 44.8 Å². The molecule has 1 N–H and O–H groups in total. The Morgan fingerprint density at radius 1 is 1.18 bits per heavy atom. The van der Waals surface area contributed by atoms with Gasteiger partial charge in [-0.15, -0.1) is 0 Å². The minimum Gasteiger partial charge on any atom is -0.383 e. The van der Waals surface area contributed by atoms with E-state index in [1.807, 2.05) is 36.1 Å². The number of carbonyl (C=O) groups is 2. The maximum absolute atomic E-state index is 13.0. The van der Waals surface area contributed by atoms with Crippen molar-refractivity contribution >= 4 is 11.8 Å². The van der Waals surface area contributed by atoms with E-state index in [0.29, 0.717) is 32.5 Å². The molecule has 0 saturated carbocycles. The van der Waals surface area contributed by atoms with Crippen molar-refractivity contribution < 1.29 is 14.3 Å². The van der Waals surface area contributed by atoms with Crippen molar-refractivity contribution in [1.82, 2.24) is 15.1 Å². The average molecular weight is 388 g/mol. The summed E-state index contributed by atoms with van der Waals surface area (Å²) in [4.78, 5) is 29.9. The van der Waals surface area contributed by atoms with Gasteiger partial charge < -0.3 is 19.9 Å². The van der Waals surface area contributed by atoms with Crippen molar-refractivity contribution in [2.75, 3.05) is 46.4 Å². The number of likely N-dealkylation sites (tertiary alicyclic amines) is 2. The smallest absolute Gasteiger partial charge is 0.225 e. The lowest BCUT2D eigenvalue weighted by Gasteiger charge is -2.41. The van der Waals surface area contributed by atoms with Gasteiger partial charge in [-0.1, -0.05) is 29.8 Å². The van der Waals surface area contributed by atoms with E-state index >= 15 is 0 Å². The zero-order valence-electron chi connectivity index (χ0n) is 17.2. The predicted molar refractivity (Wildman–Crippen MR) is 109 cm³/mol. The van der Waals surface area contributed by atoms with Crippen LogP contribution >= 0.6 is 0 Å². The molecule has 6 heteroatoms. The van der Waals surface area contributed by atoms with Gasteiger partial charge in [-0.3, -0.25) is 9.59 Å². The molecule has 3 rings (SSSR count). The molecule has 1 aromatic rings. The highest BCUT2D eigenvalue weighted by Gasteiger charge is 2.40. The van der Waals surface area contributed by atoms with Crippen LogP contribution in [0.15, 0.2) is 24.3 Å². The van der Waals surface area contributed by atoms with E-state index < -0.39 is 0 Å². The summed E-state index contributed by atoms with van der Waals surface area (Å²) in [6.45, 7) is 6.85. The molecule has 2 amide bonds. The lowest BCUT2D eigenvalue weighted by atomic mass is 9.83. The Morgan fingerprint density at radius 3 is 2.57 bits per heavy atom. The number of hydrogen-bond donors (Lipinski definition) is 1. The third kappa shape index (κ3) is 5.11. The predicted octanol–water partition coefficient (Wildman–Crippen LogP) is 2.13. The van der Waals surface area contributed by atoms with E-state index in [-0.39, 0.29) is 23.8 Å². The van der Waals surface area contributed by atoms with E-state index in [4.69, 9.17) is 4.74 Å². The second kappa shape index (κ2) is 10.0. The monoisotopic (exact) mass is 387 g/mol. The molecule has 0 spiro atoms. The third-order valence-corrected chi connectivity index (χ3v) is 5.92. The number of methoxy groups -OCH3 is 1. The van der Waals surface area contributed by atoms with E-state index in [0.717, 1.165) is 25.2 Å². The molecule has 2 heterocycles. The lowest BCUT2D eigenvalue weighted by molar-refractivity contribution is -0.144. The zero-order valence-corrected chi connectivity index (χ0v) is 17.2. The summed E-state index contributed by atoms with van der Waals surface area (Å²) >= 11 is 0. The molecule has 0 radical (unpaired) electrons. The first-order valence-electron chi connectivity index (χ1n) is 10.4. The minimum absolute atomic E-state index is 0.0553. The molecule has 0 aromatic heterocycles. The largest absolute Gasteiger partial charge is 0.383 e. The Kier molecular flexibility index (Phi) is 7.45. The van der Waals surface area contributed by atoms with Gasteiger partial charge in [0.25, 0.3) is 0 Å². The fraction of sp³-hybridized carbons (Fsp3) is 0.636. The van der Waals surface area contributed by atoms with E-state index in [1.165, 1.54) is 18.4 Å². The van der Waals surface area contributed by atoms with Crippen molar-refractivity contribution in [2.45, 2.75) is 38.6 Å². The molecule has 2 aliphatic heterocycles. The standard InChI is InChI=1S/C22H33N3O3/c1-17-5-7-18(8-6-17)21-19(9-10-20(26)25(21)15-16-28-2)22(27)23-11-14-24-12-3-4-13-24/h5-8,19,21H,3-4,9-16H2,1-2H3,(H,23,27)/t19-,21-/m1/s1. The number of rotatable bonds is 8. The van der Waals surface area contributed by atoms with Gasteiger partial charge in [0, 0.05) is 33.2 Å². The molecule has 0 unspecified atom stereocenters. The number of piperidine rings is 1. The number of nitrogens with zero attached hydrogens (tertiary/aromatic N) is 2.